The van der Waals surface area contributed by atoms with Crippen molar-refractivity contribution in [3.63, 3.8) is 0 Å². The Morgan fingerprint density at radius 2 is 2.40 bits per heavy atom. The van der Waals surface area contributed by atoms with Crippen LogP contribution in [0.1, 0.15) is 6.42 Å². The van der Waals surface area contributed by atoms with Crippen LogP contribution in [0.2, 0.25) is 0 Å². The number of amides is 1. The summed E-state index contributed by atoms with van der Waals surface area (Å²) in [5.41, 5.74) is 4.84. The Kier molecular flexibility index (Phi) is 1.62. The Bertz CT molecular complexity index is 240. The molecule has 0 fully saturated rings. The first-order valence-corrected chi connectivity index (χ1v) is 2.76. The maximum atomic E-state index is 10.8. The summed E-state index contributed by atoms with van der Waals surface area (Å²) in [5.74, 6) is -0.968. The third-order valence-electron chi connectivity index (χ3n) is 1.15. The summed E-state index contributed by atoms with van der Waals surface area (Å²) in [5, 5.41) is 0. The highest BCUT2D eigenvalue weighted by Crippen LogP contribution is 2.02. The number of Topliss-reactive ketones (excluding diaryl/α,β-unsaturated/α-hetero) is 1. The molecule has 0 aromatic carbocycles. The van der Waals surface area contributed by atoms with Gasteiger partial charge in [0.1, 0.15) is 5.57 Å². The number of primary amides is 1. The van der Waals surface area contributed by atoms with Crippen LogP contribution in [-0.2, 0) is 9.59 Å². The molecule has 4 heteroatoms. The number of rotatable bonds is 1. The summed E-state index contributed by atoms with van der Waals surface area (Å²) in [4.78, 5) is 24.8. The molecule has 0 aromatic heterocycles. The van der Waals surface area contributed by atoms with Gasteiger partial charge < -0.3 is 5.73 Å². The highest BCUT2D eigenvalue weighted by Gasteiger charge is 2.15. The highest BCUT2D eigenvalue weighted by molar-refractivity contribution is 6.22. The molecule has 1 heterocycles. The standard InChI is InChI=1S/C6H6N2O2/c7-6(10)4-3-8-2-1-5(4)9/h2-3H,1H2,(H2,7,10). The molecule has 1 amide bonds. The zero-order chi connectivity index (χ0) is 7.56. The van der Waals surface area contributed by atoms with E-state index < -0.39 is 5.91 Å². The van der Waals surface area contributed by atoms with Gasteiger partial charge in [-0.2, -0.15) is 0 Å². The van der Waals surface area contributed by atoms with Crippen molar-refractivity contribution in [1.82, 2.24) is 0 Å². The summed E-state index contributed by atoms with van der Waals surface area (Å²) in [6.07, 6.45) is 2.80. The largest absolute Gasteiger partial charge is 0.365 e. The molecule has 2 N–H and O–H groups in total. The Labute approximate surface area is 57.4 Å². The summed E-state index contributed by atoms with van der Waals surface area (Å²) in [6.45, 7) is 0. The molecule has 52 valence electrons. The topological polar surface area (TPSA) is 72.5 Å². The van der Waals surface area contributed by atoms with Crippen molar-refractivity contribution in [2.45, 2.75) is 6.42 Å². The van der Waals surface area contributed by atoms with Crippen LogP contribution in [0, 0.1) is 0 Å². The van der Waals surface area contributed by atoms with Crippen molar-refractivity contribution >= 4 is 17.9 Å². The molecule has 0 saturated heterocycles. The number of carbonyl (C=O) groups is 2. The SMILES string of the molecule is NC(=O)C1=CN=CCC1=O. The number of nitrogens with two attached hydrogens (primary N) is 1. The number of ketones is 1. The van der Waals surface area contributed by atoms with E-state index in [1.807, 2.05) is 0 Å². The molecule has 0 aliphatic carbocycles. The molecule has 1 aliphatic rings. The quantitative estimate of drug-likeness (QED) is 0.491. The second-order valence-corrected chi connectivity index (χ2v) is 1.87. The Morgan fingerprint density at radius 1 is 1.70 bits per heavy atom. The highest BCUT2D eigenvalue weighted by atomic mass is 16.2. The van der Waals surface area contributed by atoms with Gasteiger partial charge in [0.15, 0.2) is 5.78 Å². The van der Waals surface area contributed by atoms with Gasteiger partial charge in [-0.25, -0.2) is 0 Å². The fraction of sp³-hybridized carbons (Fsp3) is 0.167. The molecule has 0 spiro atoms. The number of hydrogen-bond donors (Lipinski definition) is 1. The molecular weight excluding hydrogens is 132 g/mol. The number of hydrogen-bond acceptors (Lipinski definition) is 3. The lowest BCUT2D eigenvalue weighted by atomic mass is 10.1. The Balaban J connectivity index is 2.91. The van der Waals surface area contributed by atoms with Gasteiger partial charge in [0.05, 0.1) is 0 Å². The van der Waals surface area contributed by atoms with Crippen LogP contribution in [0.15, 0.2) is 16.8 Å². The van der Waals surface area contributed by atoms with Crippen LogP contribution in [0.4, 0.5) is 0 Å². The van der Waals surface area contributed by atoms with Crippen LogP contribution < -0.4 is 5.73 Å². The van der Waals surface area contributed by atoms with Gasteiger partial charge in [-0.15, -0.1) is 0 Å². The van der Waals surface area contributed by atoms with E-state index in [1.54, 1.807) is 0 Å². The summed E-state index contributed by atoms with van der Waals surface area (Å²) in [7, 11) is 0. The average Bonchev–Trinajstić information content (AvgIpc) is 1.88. The van der Waals surface area contributed by atoms with E-state index in [2.05, 4.69) is 4.99 Å². The third-order valence-corrected chi connectivity index (χ3v) is 1.15. The van der Waals surface area contributed by atoms with E-state index in [0.29, 0.717) is 0 Å². The number of nitrogens with zero attached hydrogens (tertiary/aromatic N) is 1. The van der Waals surface area contributed by atoms with E-state index in [4.69, 9.17) is 5.73 Å². The molecule has 0 unspecified atom stereocenters. The van der Waals surface area contributed by atoms with Gasteiger partial charge >= 0.3 is 0 Å². The zero-order valence-electron chi connectivity index (χ0n) is 5.20. The minimum absolute atomic E-state index is 0.0116. The maximum Gasteiger partial charge on any atom is 0.253 e. The molecule has 0 atom stereocenters. The van der Waals surface area contributed by atoms with Crippen molar-refractivity contribution in [3.8, 4) is 0 Å². The molecule has 1 rings (SSSR count). The minimum atomic E-state index is -0.707. The minimum Gasteiger partial charge on any atom is -0.365 e. The summed E-state index contributed by atoms with van der Waals surface area (Å²) >= 11 is 0. The number of carbonyl (C=O) groups excluding carboxylic acids is 2. The van der Waals surface area contributed by atoms with Gasteiger partial charge in [0.25, 0.3) is 5.91 Å². The Morgan fingerprint density at radius 3 is 2.80 bits per heavy atom. The first-order chi connectivity index (χ1) is 4.72. The predicted octanol–water partition coefficient (Wildman–Crippen LogP) is -0.601. The fourth-order valence-corrected chi connectivity index (χ4v) is 0.646. The van der Waals surface area contributed by atoms with Crippen LogP contribution in [0.5, 0.6) is 0 Å². The maximum absolute atomic E-state index is 10.8. The molecule has 0 aromatic rings. The second-order valence-electron chi connectivity index (χ2n) is 1.87. The van der Waals surface area contributed by atoms with Crippen molar-refractivity contribution < 1.29 is 9.59 Å². The fourth-order valence-electron chi connectivity index (χ4n) is 0.646. The molecule has 0 bridgehead atoms. The van der Waals surface area contributed by atoms with Crippen LogP contribution >= 0.6 is 0 Å². The van der Waals surface area contributed by atoms with Gasteiger partial charge in [-0.05, 0) is 0 Å². The molecule has 10 heavy (non-hydrogen) atoms. The molecular formula is C6H6N2O2. The van der Waals surface area contributed by atoms with Gasteiger partial charge in [0, 0.05) is 18.8 Å². The van der Waals surface area contributed by atoms with Crippen molar-refractivity contribution in [2.75, 3.05) is 0 Å². The summed E-state index contributed by atoms with van der Waals surface area (Å²) < 4.78 is 0. The van der Waals surface area contributed by atoms with E-state index in [-0.39, 0.29) is 17.8 Å². The average molecular weight is 138 g/mol. The van der Waals surface area contributed by atoms with Crippen molar-refractivity contribution in [3.05, 3.63) is 11.8 Å². The van der Waals surface area contributed by atoms with Crippen molar-refractivity contribution in [1.29, 1.82) is 0 Å². The van der Waals surface area contributed by atoms with Crippen LogP contribution in [0.25, 0.3) is 0 Å². The van der Waals surface area contributed by atoms with E-state index in [0.717, 1.165) is 0 Å². The second kappa shape index (κ2) is 2.43. The first-order valence-electron chi connectivity index (χ1n) is 2.76. The molecule has 0 saturated carbocycles. The smallest absolute Gasteiger partial charge is 0.253 e. The lowest BCUT2D eigenvalue weighted by molar-refractivity contribution is -0.120. The van der Waals surface area contributed by atoms with Gasteiger partial charge in [0.2, 0.25) is 0 Å². The molecule has 4 nitrogen and oxygen atoms in total. The van der Waals surface area contributed by atoms with E-state index >= 15 is 0 Å². The molecule has 0 radical (unpaired) electrons. The zero-order valence-corrected chi connectivity index (χ0v) is 5.20. The van der Waals surface area contributed by atoms with E-state index in [9.17, 15) is 9.59 Å². The van der Waals surface area contributed by atoms with Crippen molar-refractivity contribution in [2.24, 2.45) is 10.7 Å². The lowest BCUT2D eigenvalue weighted by Crippen LogP contribution is -2.22. The van der Waals surface area contributed by atoms with E-state index in [1.165, 1.54) is 12.4 Å². The Hall–Kier alpha value is -1.45. The normalized spacial score (nSPS) is 16.8. The monoisotopic (exact) mass is 138 g/mol. The van der Waals surface area contributed by atoms with Gasteiger partial charge in [-0.3, -0.25) is 14.6 Å². The summed E-state index contributed by atoms with van der Waals surface area (Å²) in [6, 6.07) is 0. The predicted molar refractivity (Wildman–Crippen MR) is 35.4 cm³/mol. The van der Waals surface area contributed by atoms with Crippen LogP contribution in [-0.4, -0.2) is 17.9 Å². The lowest BCUT2D eigenvalue weighted by Gasteiger charge is -2.00. The number of aliphatic imine (C=N–C) groups is 1. The first kappa shape index (κ1) is 6.67. The molecule has 1 aliphatic heterocycles. The third kappa shape index (κ3) is 1.10. The van der Waals surface area contributed by atoms with Crippen LogP contribution in [0.3, 0.4) is 0 Å². The van der Waals surface area contributed by atoms with Gasteiger partial charge in [-0.1, -0.05) is 0 Å².